The summed E-state index contributed by atoms with van der Waals surface area (Å²) in [6.07, 6.45) is 4.72. The number of carbonyl (C=O) groups excluding carboxylic acids is 2. The van der Waals surface area contributed by atoms with Crippen molar-refractivity contribution in [3.63, 3.8) is 0 Å². The number of ether oxygens (including phenoxy) is 1. The Morgan fingerprint density at radius 3 is 2.71 bits per heavy atom. The van der Waals surface area contributed by atoms with E-state index in [4.69, 9.17) is 0 Å². The van der Waals surface area contributed by atoms with Gasteiger partial charge in [0.15, 0.2) is 5.78 Å². The molecule has 1 aromatic rings. The zero-order valence-corrected chi connectivity index (χ0v) is 13.7. The van der Waals surface area contributed by atoms with Crippen molar-refractivity contribution in [1.82, 2.24) is 5.32 Å². The van der Waals surface area contributed by atoms with Crippen molar-refractivity contribution in [3.8, 4) is 0 Å². The van der Waals surface area contributed by atoms with Gasteiger partial charge >= 0.3 is 5.97 Å². The molecule has 1 N–H and O–H groups in total. The van der Waals surface area contributed by atoms with Crippen LogP contribution >= 0.6 is 0 Å². The number of ketones is 1. The second-order valence-electron chi connectivity index (χ2n) is 5.00. The van der Waals surface area contributed by atoms with Gasteiger partial charge in [0, 0.05) is 6.07 Å². The van der Waals surface area contributed by atoms with Gasteiger partial charge in [0.05, 0.1) is 30.1 Å². The maximum atomic E-state index is 12.0. The van der Waals surface area contributed by atoms with Crippen LogP contribution in [0.3, 0.4) is 0 Å². The standard InChI is InChI=1S/C17H20N2O5/c1-4-5-14(18-2)16(20)9-8-13-7-6-12(11-17(21)24-3)10-15(13)19(22)23/h4,6-10,14,18H,1,5,11H2,2-3H3/b9-8+/t14-/m0/s1. The van der Waals surface area contributed by atoms with Gasteiger partial charge < -0.3 is 10.1 Å². The number of methoxy groups -OCH3 is 1. The van der Waals surface area contributed by atoms with E-state index >= 15 is 0 Å². The van der Waals surface area contributed by atoms with E-state index in [-0.39, 0.29) is 23.5 Å². The highest BCUT2D eigenvalue weighted by molar-refractivity contribution is 5.98. The molecule has 0 spiro atoms. The first kappa shape index (κ1) is 19.2. The Morgan fingerprint density at radius 2 is 2.17 bits per heavy atom. The van der Waals surface area contributed by atoms with Gasteiger partial charge in [-0.3, -0.25) is 19.7 Å². The van der Waals surface area contributed by atoms with Crippen LogP contribution in [0.4, 0.5) is 5.69 Å². The van der Waals surface area contributed by atoms with Crippen molar-refractivity contribution < 1.29 is 19.2 Å². The number of hydrogen-bond donors (Lipinski definition) is 1. The highest BCUT2D eigenvalue weighted by Crippen LogP contribution is 2.22. The Labute approximate surface area is 140 Å². The lowest BCUT2D eigenvalue weighted by molar-refractivity contribution is -0.385. The fourth-order valence-corrected chi connectivity index (χ4v) is 2.07. The van der Waals surface area contributed by atoms with Gasteiger partial charge in [-0.15, -0.1) is 6.58 Å². The summed E-state index contributed by atoms with van der Waals surface area (Å²) in [5, 5.41) is 14.1. The van der Waals surface area contributed by atoms with E-state index in [1.54, 1.807) is 19.2 Å². The highest BCUT2D eigenvalue weighted by atomic mass is 16.6. The minimum absolute atomic E-state index is 0.0541. The molecule has 1 atom stereocenters. The highest BCUT2D eigenvalue weighted by Gasteiger charge is 2.16. The summed E-state index contributed by atoms with van der Waals surface area (Å²) in [6, 6.07) is 3.98. The quantitative estimate of drug-likeness (QED) is 0.244. The first-order chi connectivity index (χ1) is 11.4. The number of nitrogens with zero attached hydrogens (tertiary/aromatic N) is 1. The van der Waals surface area contributed by atoms with E-state index in [1.165, 1.54) is 31.4 Å². The molecule has 0 saturated carbocycles. The fourth-order valence-electron chi connectivity index (χ4n) is 2.07. The summed E-state index contributed by atoms with van der Waals surface area (Å²) < 4.78 is 4.54. The van der Waals surface area contributed by atoms with Crippen LogP contribution < -0.4 is 5.32 Å². The summed E-state index contributed by atoms with van der Waals surface area (Å²) >= 11 is 0. The summed E-state index contributed by atoms with van der Waals surface area (Å²) in [5.74, 6) is -0.686. The van der Waals surface area contributed by atoms with Crippen LogP contribution in [0.2, 0.25) is 0 Å². The zero-order chi connectivity index (χ0) is 18.1. The molecule has 0 saturated heterocycles. The summed E-state index contributed by atoms with van der Waals surface area (Å²) in [7, 11) is 2.91. The van der Waals surface area contributed by atoms with Crippen LogP contribution in [-0.2, 0) is 20.7 Å². The van der Waals surface area contributed by atoms with Crippen LogP contribution in [0.25, 0.3) is 6.08 Å². The minimum Gasteiger partial charge on any atom is -0.469 e. The van der Waals surface area contributed by atoms with Crippen LogP contribution in [0.15, 0.2) is 36.9 Å². The van der Waals surface area contributed by atoms with E-state index in [0.717, 1.165) is 0 Å². The second kappa shape index (κ2) is 9.36. The number of likely N-dealkylation sites (N-methyl/N-ethyl adjacent to an activating group) is 1. The molecule has 0 bridgehead atoms. The predicted molar refractivity (Wildman–Crippen MR) is 90.5 cm³/mol. The number of nitro groups is 1. The maximum absolute atomic E-state index is 12.0. The first-order valence-corrected chi connectivity index (χ1v) is 7.27. The molecule has 128 valence electrons. The Morgan fingerprint density at radius 1 is 1.46 bits per heavy atom. The van der Waals surface area contributed by atoms with Crippen molar-refractivity contribution in [1.29, 1.82) is 0 Å². The van der Waals surface area contributed by atoms with E-state index in [0.29, 0.717) is 12.0 Å². The lowest BCUT2D eigenvalue weighted by Gasteiger charge is -2.09. The van der Waals surface area contributed by atoms with E-state index in [2.05, 4.69) is 16.6 Å². The number of benzene rings is 1. The Bertz CT molecular complexity index is 667. The molecule has 0 aromatic heterocycles. The number of hydrogen-bond acceptors (Lipinski definition) is 6. The molecule has 0 unspecified atom stereocenters. The van der Waals surface area contributed by atoms with E-state index in [9.17, 15) is 19.7 Å². The van der Waals surface area contributed by atoms with Crippen molar-refractivity contribution in [2.45, 2.75) is 18.9 Å². The molecule has 0 aliphatic rings. The first-order valence-electron chi connectivity index (χ1n) is 7.27. The molecular formula is C17H20N2O5. The van der Waals surface area contributed by atoms with E-state index < -0.39 is 16.9 Å². The van der Waals surface area contributed by atoms with Gasteiger partial charge in [0.2, 0.25) is 0 Å². The van der Waals surface area contributed by atoms with Crippen LogP contribution in [-0.4, -0.2) is 36.9 Å². The third kappa shape index (κ3) is 5.44. The molecule has 0 aliphatic heterocycles. The number of carbonyl (C=O) groups is 2. The number of rotatable bonds is 9. The third-order valence-corrected chi connectivity index (χ3v) is 3.39. The lowest BCUT2D eigenvalue weighted by atomic mass is 10.0. The second-order valence-corrected chi connectivity index (χ2v) is 5.00. The molecule has 0 heterocycles. The van der Waals surface area contributed by atoms with Gasteiger partial charge in [-0.05, 0) is 37.3 Å². The molecule has 7 heteroatoms. The molecule has 0 radical (unpaired) electrons. The van der Waals surface area contributed by atoms with Gasteiger partial charge in [-0.25, -0.2) is 0 Å². The molecule has 1 aromatic carbocycles. The lowest BCUT2D eigenvalue weighted by Crippen LogP contribution is -2.32. The van der Waals surface area contributed by atoms with Gasteiger partial charge in [-0.2, -0.15) is 0 Å². The topological polar surface area (TPSA) is 98.5 Å². The monoisotopic (exact) mass is 332 g/mol. The fraction of sp³-hybridized carbons (Fsp3) is 0.294. The number of esters is 1. The Balaban J connectivity index is 3.04. The molecule has 0 aliphatic carbocycles. The zero-order valence-electron chi connectivity index (χ0n) is 13.7. The maximum Gasteiger partial charge on any atom is 0.309 e. The average molecular weight is 332 g/mol. The molecule has 7 nitrogen and oxygen atoms in total. The van der Waals surface area contributed by atoms with Gasteiger partial charge in [0.25, 0.3) is 5.69 Å². The van der Waals surface area contributed by atoms with Crippen LogP contribution in [0.1, 0.15) is 17.5 Å². The van der Waals surface area contributed by atoms with Crippen molar-refractivity contribution >= 4 is 23.5 Å². The summed E-state index contributed by atoms with van der Waals surface area (Å²) in [4.78, 5) is 34.0. The Hall–Kier alpha value is -2.80. The smallest absolute Gasteiger partial charge is 0.309 e. The molecule has 0 amide bonds. The molecule has 24 heavy (non-hydrogen) atoms. The van der Waals surface area contributed by atoms with Gasteiger partial charge in [-0.1, -0.05) is 12.1 Å². The largest absolute Gasteiger partial charge is 0.469 e. The molecule has 1 rings (SSSR count). The number of nitro benzene ring substituents is 1. The van der Waals surface area contributed by atoms with Crippen molar-refractivity contribution in [2.75, 3.05) is 14.2 Å². The van der Waals surface area contributed by atoms with Crippen molar-refractivity contribution in [2.24, 2.45) is 0 Å². The normalized spacial score (nSPS) is 11.9. The summed E-state index contributed by atoms with van der Waals surface area (Å²) in [6.45, 7) is 3.58. The van der Waals surface area contributed by atoms with Crippen LogP contribution in [0.5, 0.6) is 0 Å². The molecule has 0 fully saturated rings. The van der Waals surface area contributed by atoms with Gasteiger partial charge in [0.1, 0.15) is 0 Å². The number of nitrogens with one attached hydrogen (secondary N) is 1. The third-order valence-electron chi connectivity index (χ3n) is 3.39. The Kier molecular flexibility index (Phi) is 7.51. The minimum atomic E-state index is -0.551. The average Bonchev–Trinajstić information content (AvgIpc) is 2.57. The summed E-state index contributed by atoms with van der Waals surface area (Å²) in [5.41, 5.74) is 0.581. The SMILES string of the molecule is C=CC[C@H](NC)C(=O)/C=C/c1ccc(CC(=O)OC)cc1[N+](=O)[O-]. The molecular weight excluding hydrogens is 312 g/mol. The van der Waals surface area contributed by atoms with Crippen molar-refractivity contribution in [3.05, 3.63) is 58.2 Å². The van der Waals surface area contributed by atoms with E-state index in [1.807, 2.05) is 0 Å². The van der Waals surface area contributed by atoms with Crippen LogP contribution in [0, 0.1) is 10.1 Å². The predicted octanol–water partition coefficient (Wildman–Crippen LogP) is 2.06.